The minimum absolute atomic E-state index is 0.162. The van der Waals surface area contributed by atoms with Gasteiger partial charge in [0.25, 0.3) is 5.56 Å². The predicted molar refractivity (Wildman–Crippen MR) is 81.8 cm³/mol. The van der Waals surface area contributed by atoms with Crippen LogP contribution in [0.15, 0.2) is 53.6 Å². The van der Waals surface area contributed by atoms with Crippen LogP contribution in [0.3, 0.4) is 0 Å². The normalized spacial score (nSPS) is 10.5. The molecule has 0 aliphatic heterocycles. The van der Waals surface area contributed by atoms with Crippen LogP contribution >= 0.6 is 0 Å². The second-order valence-electron chi connectivity index (χ2n) is 4.72. The topological polar surface area (TPSA) is 58.7 Å². The molecule has 0 unspecified atom stereocenters. The zero-order valence-corrected chi connectivity index (χ0v) is 11.6. The molecule has 0 amide bonds. The van der Waals surface area contributed by atoms with Crippen molar-refractivity contribution in [3.05, 3.63) is 64.7 Å². The molecule has 2 aromatic heterocycles. The summed E-state index contributed by atoms with van der Waals surface area (Å²) in [4.78, 5) is 16.3. The van der Waals surface area contributed by atoms with E-state index in [0.29, 0.717) is 6.54 Å². The number of para-hydroxylation sites is 1. The lowest BCUT2D eigenvalue weighted by Gasteiger charge is -2.09. The van der Waals surface area contributed by atoms with Crippen LogP contribution in [0.2, 0.25) is 0 Å². The van der Waals surface area contributed by atoms with Crippen molar-refractivity contribution in [2.75, 3.05) is 0 Å². The number of hydrogen-bond donors (Lipinski definition) is 0. The monoisotopic (exact) mass is 275 g/mol. The van der Waals surface area contributed by atoms with E-state index in [0.717, 1.165) is 22.0 Å². The average molecular weight is 275 g/mol. The average Bonchev–Trinajstić information content (AvgIpc) is 2.54. The molecule has 0 aliphatic carbocycles. The molecule has 3 rings (SSSR count). The van der Waals surface area contributed by atoms with E-state index in [9.17, 15) is 4.79 Å². The van der Waals surface area contributed by atoms with E-state index in [4.69, 9.17) is 5.26 Å². The van der Waals surface area contributed by atoms with Crippen molar-refractivity contribution in [1.29, 1.82) is 5.26 Å². The molecule has 4 heteroatoms. The number of rotatable bonds is 2. The molecule has 0 fully saturated rings. The number of pyridine rings is 2. The molecule has 0 aliphatic rings. The van der Waals surface area contributed by atoms with E-state index in [-0.39, 0.29) is 11.1 Å². The van der Waals surface area contributed by atoms with Gasteiger partial charge in [0.15, 0.2) is 0 Å². The van der Waals surface area contributed by atoms with Gasteiger partial charge in [-0.25, -0.2) is 0 Å². The second kappa shape index (κ2) is 5.22. The Morgan fingerprint density at radius 2 is 2.10 bits per heavy atom. The summed E-state index contributed by atoms with van der Waals surface area (Å²) in [6.45, 7) is 2.42. The largest absolute Gasteiger partial charge is 0.314 e. The highest BCUT2D eigenvalue weighted by Crippen LogP contribution is 2.27. The van der Waals surface area contributed by atoms with Crippen molar-refractivity contribution < 1.29 is 0 Å². The molecule has 0 radical (unpaired) electrons. The first-order valence-electron chi connectivity index (χ1n) is 6.73. The maximum absolute atomic E-state index is 12.0. The number of fused-ring (bicyclic) bond motifs is 1. The minimum atomic E-state index is -0.248. The first-order valence-corrected chi connectivity index (χ1v) is 6.73. The fourth-order valence-electron chi connectivity index (χ4n) is 2.45. The van der Waals surface area contributed by atoms with Crippen molar-refractivity contribution in [3.63, 3.8) is 0 Å². The number of nitriles is 1. The van der Waals surface area contributed by atoms with Crippen molar-refractivity contribution in [1.82, 2.24) is 9.55 Å². The fraction of sp³-hybridized carbons (Fsp3) is 0.118. The third-order valence-corrected chi connectivity index (χ3v) is 3.51. The van der Waals surface area contributed by atoms with Gasteiger partial charge in [0.05, 0.1) is 5.52 Å². The highest BCUT2D eigenvalue weighted by Gasteiger charge is 2.09. The minimum Gasteiger partial charge on any atom is -0.314 e. The number of benzene rings is 1. The summed E-state index contributed by atoms with van der Waals surface area (Å²) in [6, 6.07) is 13.4. The summed E-state index contributed by atoms with van der Waals surface area (Å²) in [7, 11) is 0. The lowest BCUT2D eigenvalue weighted by atomic mass is 10.0. The number of nitrogens with zero attached hydrogens (tertiary/aromatic N) is 3. The molecule has 1 aromatic carbocycles. The van der Waals surface area contributed by atoms with Gasteiger partial charge in [-0.05, 0) is 30.7 Å². The van der Waals surface area contributed by atoms with Gasteiger partial charge in [0, 0.05) is 29.9 Å². The molecule has 102 valence electrons. The molecule has 4 nitrogen and oxygen atoms in total. The second-order valence-corrected chi connectivity index (χ2v) is 4.72. The number of aromatic nitrogens is 2. The van der Waals surface area contributed by atoms with E-state index in [1.807, 2.05) is 43.3 Å². The highest BCUT2D eigenvalue weighted by atomic mass is 16.1. The molecule has 21 heavy (non-hydrogen) atoms. The molecular weight excluding hydrogens is 262 g/mol. The Balaban J connectivity index is 2.34. The van der Waals surface area contributed by atoms with E-state index in [2.05, 4.69) is 4.98 Å². The quantitative estimate of drug-likeness (QED) is 0.722. The molecule has 0 spiro atoms. The Bertz CT molecular complexity index is 914. The summed E-state index contributed by atoms with van der Waals surface area (Å²) in [5.74, 6) is 0. The van der Waals surface area contributed by atoms with Crippen LogP contribution in [0.1, 0.15) is 12.5 Å². The van der Waals surface area contributed by atoms with Gasteiger partial charge < -0.3 is 4.57 Å². The SMILES string of the molecule is CCn1cc(-c2ccnc3ccccc23)cc(C#N)c1=O. The van der Waals surface area contributed by atoms with Crippen LogP contribution in [0.25, 0.3) is 22.0 Å². The molecule has 2 heterocycles. The maximum Gasteiger partial charge on any atom is 0.268 e. The summed E-state index contributed by atoms with van der Waals surface area (Å²) < 4.78 is 1.56. The van der Waals surface area contributed by atoms with Gasteiger partial charge in [0.2, 0.25) is 0 Å². The van der Waals surface area contributed by atoms with E-state index in [1.165, 1.54) is 0 Å². The van der Waals surface area contributed by atoms with Crippen LogP contribution in [-0.4, -0.2) is 9.55 Å². The molecular formula is C17H13N3O. The smallest absolute Gasteiger partial charge is 0.268 e. The van der Waals surface area contributed by atoms with Crippen molar-refractivity contribution in [3.8, 4) is 17.2 Å². The molecule has 0 saturated carbocycles. The molecule has 0 saturated heterocycles. The standard InChI is InChI=1S/C17H13N3O/c1-2-20-11-13(9-12(10-18)17(20)21)14-7-8-19-16-6-4-3-5-15(14)16/h3-9,11H,2H2,1H3. The van der Waals surface area contributed by atoms with Gasteiger partial charge in [-0.2, -0.15) is 5.26 Å². The first kappa shape index (κ1) is 13.1. The van der Waals surface area contributed by atoms with Gasteiger partial charge >= 0.3 is 0 Å². The third kappa shape index (κ3) is 2.19. The van der Waals surface area contributed by atoms with Crippen LogP contribution in [0.4, 0.5) is 0 Å². The Labute approximate surface area is 121 Å². The maximum atomic E-state index is 12.0. The van der Waals surface area contributed by atoms with Crippen LogP contribution < -0.4 is 5.56 Å². The molecule has 0 atom stereocenters. The van der Waals surface area contributed by atoms with Gasteiger partial charge in [-0.15, -0.1) is 0 Å². The third-order valence-electron chi connectivity index (χ3n) is 3.51. The van der Waals surface area contributed by atoms with Gasteiger partial charge in [0.1, 0.15) is 11.6 Å². The highest BCUT2D eigenvalue weighted by molar-refractivity contribution is 5.94. The summed E-state index contributed by atoms with van der Waals surface area (Å²) in [6.07, 6.45) is 3.54. The van der Waals surface area contributed by atoms with E-state index in [1.54, 1.807) is 23.0 Å². The molecule has 0 N–H and O–H groups in total. The summed E-state index contributed by atoms with van der Waals surface area (Å²) >= 11 is 0. The zero-order valence-electron chi connectivity index (χ0n) is 11.6. The summed E-state index contributed by atoms with van der Waals surface area (Å²) in [5.41, 5.74) is 2.63. The van der Waals surface area contributed by atoms with E-state index >= 15 is 0 Å². The lowest BCUT2D eigenvalue weighted by Crippen LogP contribution is -2.21. The first-order chi connectivity index (χ1) is 10.2. The molecule has 0 bridgehead atoms. The molecule has 3 aromatic rings. The van der Waals surface area contributed by atoms with Crippen LogP contribution in [0, 0.1) is 11.3 Å². The number of hydrogen-bond acceptors (Lipinski definition) is 3. The van der Waals surface area contributed by atoms with E-state index < -0.39 is 0 Å². The predicted octanol–water partition coefficient (Wildman–Crippen LogP) is 2.96. The summed E-state index contributed by atoms with van der Waals surface area (Å²) in [5, 5.41) is 10.2. The van der Waals surface area contributed by atoms with Crippen LogP contribution in [-0.2, 0) is 6.54 Å². The van der Waals surface area contributed by atoms with Crippen LogP contribution in [0.5, 0.6) is 0 Å². The van der Waals surface area contributed by atoms with Crippen molar-refractivity contribution >= 4 is 10.9 Å². The van der Waals surface area contributed by atoms with Crippen molar-refractivity contribution in [2.24, 2.45) is 0 Å². The Morgan fingerprint density at radius 1 is 1.29 bits per heavy atom. The lowest BCUT2D eigenvalue weighted by molar-refractivity contribution is 0.726. The zero-order chi connectivity index (χ0) is 14.8. The fourth-order valence-corrected chi connectivity index (χ4v) is 2.45. The van der Waals surface area contributed by atoms with Gasteiger partial charge in [-0.1, -0.05) is 18.2 Å². The Hall–Kier alpha value is -2.93. The van der Waals surface area contributed by atoms with Crippen molar-refractivity contribution in [2.45, 2.75) is 13.5 Å². The Morgan fingerprint density at radius 3 is 2.86 bits per heavy atom. The number of aryl methyl sites for hydroxylation is 1. The van der Waals surface area contributed by atoms with Gasteiger partial charge in [-0.3, -0.25) is 9.78 Å². The Kier molecular flexibility index (Phi) is 3.25.